The van der Waals surface area contributed by atoms with Crippen LogP contribution in [0.2, 0.25) is 5.02 Å². The van der Waals surface area contributed by atoms with Crippen molar-refractivity contribution >= 4 is 17.5 Å². The van der Waals surface area contributed by atoms with Crippen LogP contribution < -0.4 is 14.8 Å². The summed E-state index contributed by atoms with van der Waals surface area (Å²) in [5.41, 5.74) is 1.07. The van der Waals surface area contributed by atoms with Gasteiger partial charge in [-0.3, -0.25) is 4.79 Å². The van der Waals surface area contributed by atoms with Gasteiger partial charge in [-0.1, -0.05) is 42.8 Å². The number of amides is 1. The molecule has 0 saturated carbocycles. The van der Waals surface area contributed by atoms with Crippen LogP contribution in [0.25, 0.3) is 0 Å². The van der Waals surface area contributed by atoms with Crippen molar-refractivity contribution in [1.82, 2.24) is 5.32 Å². The van der Waals surface area contributed by atoms with E-state index < -0.39 is 6.10 Å². The molecule has 1 N–H and O–H groups in total. The Hall–Kier alpha value is -2.20. The maximum Gasteiger partial charge on any atom is 0.261 e. The highest BCUT2D eigenvalue weighted by molar-refractivity contribution is 6.30. The number of hydrogen-bond acceptors (Lipinski definition) is 3. The van der Waals surface area contributed by atoms with Gasteiger partial charge in [-0.25, -0.2) is 0 Å². The first-order valence-electron chi connectivity index (χ1n) is 8.40. The summed E-state index contributed by atoms with van der Waals surface area (Å²) in [4.78, 5) is 12.4. The van der Waals surface area contributed by atoms with E-state index in [1.807, 2.05) is 45.0 Å². The van der Waals surface area contributed by atoms with E-state index in [-0.39, 0.29) is 11.9 Å². The average molecular weight is 362 g/mol. The van der Waals surface area contributed by atoms with Crippen LogP contribution in [-0.2, 0) is 4.79 Å². The minimum Gasteiger partial charge on any atom is -0.491 e. The fourth-order valence-electron chi connectivity index (χ4n) is 2.34. The average Bonchev–Trinajstić information content (AvgIpc) is 2.59. The van der Waals surface area contributed by atoms with Gasteiger partial charge in [-0.05, 0) is 50.1 Å². The zero-order valence-corrected chi connectivity index (χ0v) is 15.5. The van der Waals surface area contributed by atoms with E-state index in [1.54, 1.807) is 24.3 Å². The van der Waals surface area contributed by atoms with Gasteiger partial charge in [-0.15, -0.1) is 0 Å². The van der Waals surface area contributed by atoms with E-state index in [2.05, 4.69) is 5.32 Å². The second-order valence-corrected chi connectivity index (χ2v) is 6.39. The van der Waals surface area contributed by atoms with Crippen molar-refractivity contribution in [1.29, 1.82) is 0 Å². The molecule has 2 aromatic rings. The summed E-state index contributed by atoms with van der Waals surface area (Å²) < 4.78 is 11.5. The van der Waals surface area contributed by atoms with E-state index in [0.29, 0.717) is 23.8 Å². The zero-order valence-electron chi connectivity index (χ0n) is 14.8. The van der Waals surface area contributed by atoms with Crippen LogP contribution in [0.4, 0.5) is 0 Å². The van der Waals surface area contributed by atoms with Gasteiger partial charge in [0.25, 0.3) is 5.91 Å². The van der Waals surface area contributed by atoms with Crippen LogP contribution in [-0.4, -0.2) is 24.7 Å². The van der Waals surface area contributed by atoms with Crippen LogP contribution in [0.3, 0.4) is 0 Å². The number of rotatable bonds is 8. The molecule has 2 atom stereocenters. The van der Waals surface area contributed by atoms with E-state index in [1.165, 1.54) is 0 Å². The van der Waals surface area contributed by atoms with Gasteiger partial charge in [-0.2, -0.15) is 0 Å². The quantitative estimate of drug-likeness (QED) is 0.758. The number of aryl methyl sites for hydroxylation is 1. The molecule has 1 amide bonds. The van der Waals surface area contributed by atoms with E-state index >= 15 is 0 Å². The number of halogens is 1. The molecule has 2 rings (SSSR count). The second kappa shape index (κ2) is 9.33. The summed E-state index contributed by atoms with van der Waals surface area (Å²) in [6, 6.07) is 14.7. The first kappa shape index (κ1) is 19.1. The van der Waals surface area contributed by atoms with Crippen molar-refractivity contribution in [3.63, 3.8) is 0 Å². The van der Waals surface area contributed by atoms with Crippen LogP contribution >= 0.6 is 11.6 Å². The third-order valence-corrected chi connectivity index (χ3v) is 3.94. The topological polar surface area (TPSA) is 47.6 Å². The Morgan fingerprint density at radius 1 is 1.20 bits per heavy atom. The van der Waals surface area contributed by atoms with Crippen molar-refractivity contribution in [2.45, 2.75) is 39.3 Å². The Morgan fingerprint density at radius 2 is 1.96 bits per heavy atom. The summed E-state index contributed by atoms with van der Waals surface area (Å²) in [5, 5.41) is 3.51. The number of carbonyl (C=O) groups excluding carboxylic acids is 1. The molecule has 0 heterocycles. The van der Waals surface area contributed by atoms with Crippen LogP contribution in [0, 0.1) is 6.92 Å². The Balaban J connectivity index is 1.87. The summed E-state index contributed by atoms with van der Waals surface area (Å²) in [5.74, 6) is 1.24. The summed E-state index contributed by atoms with van der Waals surface area (Å²) in [6.45, 7) is 6.19. The molecular weight excluding hydrogens is 338 g/mol. The standard InChI is InChI=1S/C20H24ClNO3/c1-4-18(25-17-10-7-9-16(21)12-17)20(23)22-15(3)13-24-19-11-6-5-8-14(19)2/h5-12,15,18H,4,13H2,1-3H3,(H,22,23)/t15-,18+/m1/s1. The molecular formula is C20H24ClNO3. The Kier molecular flexibility index (Phi) is 7.14. The van der Waals surface area contributed by atoms with Crippen LogP contribution in [0.1, 0.15) is 25.8 Å². The SMILES string of the molecule is CC[C@H](Oc1cccc(Cl)c1)C(=O)N[C@H](C)COc1ccccc1C. The molecule has 0 aliphatic carbocycles. The largest absolute Gasteiger partial charge is 0.491 e. The Morgan fingerprint density at radius 3 is 2.64 bits per heavy atom. The number of nitrogens with one attached hydrogen (secondary N) is 1. The molecule has 0 bridgehead atoms. The minimum absolute atomic E-state index is 0.135. The first-order chi connectivity index (χ1) is 12.0. The lowest BCUT2D eigenvalue weighted by atomic mass is 10.2. The lowest BCUT2D eigenvalue weighted by molar-refractivity contribution is -0.128. The molecule has 2 aromatic carbocycles. The van der Waals surface area contributed by atoms with Gasteiger partial charge in [0, 0.05) is 5.02 Å². The van der Waals surface area contributed by atoms with E-state index in [4.69, 9.17) is 21.1 Å². The number of para-hydroxylation sites is 1. The third kappa shape index (κ3) is 5.98. The van der Waals surface area contributed by atoms with Crippen LogP contribution in [0.5, 0.6) is 11.5 Å². The first-order valence-corrected chi connectivity index (χ1v) is 8.78. The highest BCUT2D eigenvalue weighted by atomic mass is 35.5. The van der Waals surface area contributed by atoms with E-state index in [0.717, 1.165) is 11.3 Å². The molecule has 5 heteroatoms. The lowest BCUT2D eigenvalue weighted by Gasteiger charge is -2.21. The Labute approximate surface area is 154 Å². The summed E-state index contributed by atoms with van der Waals surface area (Å²) in [6.07, 6.45) is -0.0108. The lowest BCUT2D eigenvalue weighted by Crippen LogP contribution is -2.44. The fraction of sp³-hybridized carbons (Fsp3) is 0.350. The van der Waals surface area contributed by atoms with Gasteiger partial charge >= 0.3 is 0 Å². The fourth-order valence-corrected chi connectivity index (χ4v) is 2.52. The van der Waals surface area contributed by atoms with Crippen LogP contribution in [0.15, 0.2) is 48.5 Å². The maximum absolute atomic E-state index is 12.4. The second-order valence-electron chi connectivity index (χ2n) is 5.96. The molecule has 25 heavy (non-hydrogen) atoms. The molecule has 0 aliphatic rings. The van der Waals surface area contributed by atoms with Crippen molar-refractivity contribution in [3.8, 4) is 11.5 Å². The van der Waals surface area contributed by atoms with Gasteiger partial charge in [0.2, 0.25) is 0 Å². The zero-order chi connectivity index (χ0) is 18.2. The normalized spacial score (nSPS) is 13.0. The summed E-state index contributed by atoms with van der Waals surface area (Å²) >= 11 is 5.95. The highest BCUT2D eigenvalue weighted by Gasteiger charge is 2.20. The van der Waals surface area contributed by atoms with Crippen molar-refractivity contribution in [2.24, 2.45) is 0 Å². The van der Waals surface area contributed by atoms with Gasteiger partial charge in [0.05, 0.1) is 6.04 Å². The summed E-state index contributed by atoms with van der Waals surface area (Å²) in [7, 11) is 0. The molecule has 0 unspecified atom stereocenters. The number of hydrogen-bond donors (Lipinski definition) is 1. The Bertz CT molecular complexity index is 705. The molecule has 0 aromatic heterocycles. The predicted octanol–water partition coefficient (Wildman–Crippen LogP) is 4.39. The minimum atomic E-state index is -0.570. The molecule has 134 valence electrons. The molecule has 0 spiro atoms. The molecule has 4 nitrogen and oxygen atoms in total. The monoisotopic (exact) mass is 361 g/mol. The molecule has 0 fully saturated rings. The van der Waals surface area contributed by atoms with Crippen molar-refractivity contribution in [3.05, 3.63) is 59.1 Å². The van der Waals surface area contributed by atoms with Gasteiger partial charge in [0.1, 0.15) is 18.1 Å². The number of carbonyl (C=O) groups is 1. The van der Waals surface area contributed by atoms with Gasteiger partial charge < -0.3 is 14.8 Å². The molecule has 0 saturated heterocycles. The molecule has 0 radical (unpaired) electrons. The highest BCUT2D eigenvalue weighted by Crippen LogP contribution is 2.19. The predicted molar refractivity (Wildman–Crippen MR) is 100 cm³/mol. The van der Waals surface area contributed by atoms with E-state index in [9.17, 15) is 4.79 Å². The maximum atomic E-state index is 12.4. The van der Waals surface area contributed by atoms with Crippen molar-refractivity contribution < 1.29 is 14.3 Å². The van der Waals surface area contributed by atoms with Crippen molar-refractivity contribution in [2.75, 3.05) is 6.61 Å². The number of ether oxygens (including phenoxy) is 2. The number of benzene rings is 2. The smallest absolute Gasteiger partial charge is 0.261 e. The van der Waals surface area contributed by atoms with Gasteiger partial charge in [0.15, 0.2) is 6.10 Å². The third-order valence-electron chi connectivity index (χ3n) is 3.71. The molecule has 0 aliphatic heterocycles.